The number of carbonyl (C=O) groups excluding carboxylic acids is 1. The molecule has 1 fully saturated rings. The van der Waals surface area contributed by atoms with Crippen LogP contribution in [0.25, 0.3) is 0 Å². The monoisotopic (exact) mass is 314 g/mol. The van der Waals surface area contributed by atoms with E-state index in [9.17, 15) is 9.59 Å². The highest BCUT2D eigenvalue weighted by molar-refractivity contribution is 5.92. The van der Waals surface area contributed by atoms with E-state index in [2.05, 4.69) is 19.9 Å². The first-order valence-electron chi connectivity index (χ1n) is 7.12. The SMILES string of the molecule is N#Cc1nccnc1O[C@@H]1CCCN(C(=O)c2c[nH]c(=O)[nH]2)C1. The fraction of sp³-hybridized carbons (Fsp3) is 0.357. The van der Waals surface area contributed by atoms with Gasteiger partial charge in [0.05, 0.1) is 6.54 Å². The lowest BCUT2D eigenvalue weighted by molar-refractivity contribution is 0.0521. The number of H-pyrrole nitrogens is 2. The second kappa shape index (κ2) is 6.31. The van der Waals surface area contributed by atoms with Gasteiger partial charge in [0.15, 0.2) is 0 Å². The average molecular weight is 314 g/mol. The molecule has 23 heavy (non-hydrogen) atoms. The molecule has 0 aromatic carbocycles. The smallest absolute Gasteiger partial charge is 0.323 e. The third kappa shape index (κ3) is 3.21. The molecule has 1 amide bonds. The van der Waals surface area contributed by atoms with Gasteiger partial charge in [0, 0.05) is 25.1 Å². The Morgan fingerprint density at radius 3 is 3.00 bits per heavy atom. The molecular weight excluding hydrogens is 300 g/mol. The zero-order valence-corrected chi connectivity index (χ0v) is 12.2. The van der Waals surface area contributed by atoms with Gasteiger partial charge < -0.3 is 19.6 Å². The van der Waals surface area contributed by atoms with Crippen LogP contribution in [0.5, 0.6) is 5.88 Å². The summed E-state index contributed by atoms with van der Waals surface area (Å²) < 4.78 is 5.73. The molecule has 2 aromatic rings. The molecule has 9 nitrogen and oxygen atoms in total. The van der Waals surface area contributed by atoms with Gasteiger partial charge in [-0.1, -0.05) is 0 Å². The number of ether oxygens (including phenoxy) is 1. The lowest BCUT2D eigenvalue weighted by atomic mass is 10.1. The number of hydrogen-bond donors (Lipinski definition) is 2. The number of hydrogen-bond acceptors (Lipinski definition) is 6. The largest absolute Gasteiger partial charge is 0.470 e. The summed E-state index contributed by atoms with van der Waals surface area (Å²) >= 11 is 0. The third-order valence-electron chi connectivity index (χ3n) is 3.54. The molecule has 0 unspecified atom stereocenters. The highest BCUT2D eigenvalue weighted by Crippen LogP contribution is 2.19. The van der Waals surface area contributed by atoms with Gasteiger partial charge in [-0.2, -0.15) is 5.26 Å². The van der Waals surface area contributed by atoms with Crippen LogP contribution >= 0.6 is 0 Å². The molecule has 0 spiro atoms. The second-order valence-electron chi connectivity index (χ2n) is 5.11. The summed E-state index contributed by atoms with van der Waals surface area (Å²) in [6, 6.07) is 1.92. The van der Waals surface area contributed by atoms with Crippen LogP contribution in [-0.4, -0.2) is 49.9 Å². The average Bonchev–Trinajstić information content (AvgIpc) is 3.01. The van der Waals surface area contributed by atoms with Crippen molar-refractivity contribution in [1.29, 1.82) is 5.26 Å². The molecule has 1 atom stereocenters. The maximum Gasteiger partial charge on any atom is 0.323 e. The van der Waals surface area contributed by atoms with Crippen LogP contribution in [0.4, 0.5) is 0 Å². The molecule has 2 N–H and O–H groups in total. The van der Waals surface area contributed by atoms with Crippen molar-refractivity contribution in [3.8, 4) is 11.9 Å². The standard InChI is InChI=1S/C14H14N6O3/c15-6-10-12(17-4-3-16-10)23-9-2-1-5-20(8-9)13(21)11-7-18-14(22)19-11/h3-4,7,9H,1-2,5,8H2,(H2,18,19,22)/t9-/m1/s1. The van der Waals surface area contributed by atoms with E-state index in [4.69, 9.17) is 10.00 Å². The molecule has 118 valence electrons. The molecule has 1 aliphatic heterocycles. The number of nitrogens with one attached hydrogen (secondary N) is 2. The van der Waals surface area contributed by atoms with Crippen LogP contribution in [0.15, 0.2) is 23.4 Å². The van der Waals surface area contributed by atoms with Crippen LogP contribution in [0.2, 0.25) is 0 Å². The minimum absolute atomic E-state index is 0.117. The van der Waals surface area contributed by atoms with E-state index >= 15 is 0 Å². The fourth-order valence-electron chi connectivity index (χ4n) is 2.48. The fourth-order valence-corrected chi connectivity index (χ4v) is 2.48. The van der Waals surface area contributed by atoms with Crippen molar-refractivity contribution in [2.75, 3.05) is 13.1 Å². The molecule has 0 radical (unpaired) electrons. The summed E-state index contributed by atoms with van der Waals surface area (Å²) in [5, 5.41) is 9.00. The number of nitriles is 1. The van der Waals surface area contributed by atoms with E-state index in [0.29, 0.717) is 13.1 Å². The van der Waals surface area contributed by atoms with E-state index in [1.165, 1.54) is 18.6 Å². The van der Waals surface area contributed by atoms with E-state index in [1.54, 1.807) is 4.90 Å². The number of amides is 1. The normalized spacial score (nSPS) is 17.5. The summed E-state index contributed by atoms with van der Waals surface area (Å²) in [7, 11) is 0. The number of nitrogens with zero attached hydrogens (tertiary/aromatic N) is 4. The molecule has 1 aliphatic rings. The van der Waals surface area contributed by atoms with Crippen molar-refractivity contribution >= 4 is 5.91 Å². The van der Waals surface area contributed by atoms with E-state index in [1.807, 2.05) is 6.07 Å². The number of aromatic nitrogens is 4. The summed E-state index contributed by atoms with van der Waals surface area (Å²) in [6.45, 7) is 0.935. The van der Waals surface area contributed by atoms with Crippen LogP contribution < -0.4 is 10.4 Å². The van der Waals surface area contributed by atoms with Crippen LogP contribution in [-0.2, 0) is 0 Å². The van der Waals surface area contributed by atoms with E-state index < -0.39 is 5.69 Å². The number of piperidine rings is 1. The lowest BCUT2D eigenvalue weighted by Gasteiger charge is -2.32. The van der Waals surface area contributed by atoms with Crippen molar-refractivity contribution in [2.45, 2.75) is 18.9 Å². The van der Waals surface area contributed by atoms with Crippen molar-refractivity contribution < 1.29 is 9.53 Å². The van der Waals surface area contributed by atoms with Gasteiger partial charge in [0.25, 0.3) is 11.8 Å². The van der Waals surface area contributed by atoms with Crippen molar-refractivity contribution in [1.82, 2.24) is 24.8 Å². The minimum atomic E-state index is -0.420. The van der Waals surface area contributed by atoms with Gasteiger partial charge >= 0.3 is 5.69 Å². The lowest BCUT2D eigenvalue weighted by Crippen LogP contribution is -2.44. The number of rotatable bonds is 3. The Labute approximate surface area is 130 Å². The Balaban J connectivity index is 1.70. The predicted molar refractivity (Wildman–Crippen MR) is 77.7 cm³/mol. The number of likely N-dealkylation sites (tertiary alicyclic amines) is 1. The molecular formula is C14H14N6O3. The first kappa shape index (κ1) is 14.8. The van der Waals surface area contributed by atoms with Gasteiger partial charge in [0.1, 0.15) is 17.9 Å². The highest BCUT2D eigenvalue weighted by atomic mass is 16.5. The molecule has 0 bridgehead atoms. The first-order valence-corrected chi connectivity index (χ1v) is 7.12. The highest BCUT2D eigenvalue weighted by Gasteiger charge is 2.27. The topological polar surface area (TPSA) is 128 Å². The number of aromatic amines is 2. The Hall–Kier alpha value is -3.15. The summed E-state index contributed by atoms with van der Waals surface area (Å²) in [4.78, 5) is 37.8. The summed E-state index contributed by atoms with van der Waals surface area (Å²) in [5.74, 6) is -0.0966. The maximum atomic E-state index is 12.3. The summed E-state index contributed by atoms with van der Waals surface area (Å²) in [5.41, 5.74) is -0.0878. The van der Waals surface area contributed by atoms with Crippen LogP contribution in [0.1, 0.15) is 29.0 Å². The molecule has 3 heterocycles. The van der Waals surface area contributed by atoms with Crippen LogP contribution in [0.3, 0.4) is 0 Å². The molecule has 0 saturated carbocycles. The second-order valence-corrected chi connectivity index (χ2v) is 5.11. The molecule has 3 rings (SSSR count). The Morgan fingerprint density at radius 1 is 1.43 bits per heavy atom. The Bertz CT molecular complexity index is 805. The van der Waals surface area contributed by atoms with Gasteiger partial charge in [-0.05, 0) is 12.8 Å². The van der Waals surface area contributed by atoms with E-state index in [0.717, 1.165) is 12.8 Å². The Kier molecular flexibility index (Phi) is 4.05. The molecule has 2 aromatic heterocycles. The number of carbonyl (C=O) groups is 1. The van der Waals surface area contributed by atoms with Crippen molar-refractivity contribution in [3.63, 3.8) is 0 Å². The van der Waals surface area contributed by atoms with E-state index in [-0.39, 0.29) is 29.3 Å². The molecule has 1 saturated heterocycles. The van der Waals surface area contributed by atoms with Gasteiger partial charge in [-0.3, -0.25) is 4.79 Å². The first-order chi connectivity index (χ1) is 11.2. The quantitative estimate of drug-likeness (QED) is 0.823. The third-order valence-corrected chi connectivity index (χ3v) is 3.54. The van der Waals surface area contributed by atoms with Crippen LogP contribution in [0, 0.1) is 11.3 Å². The zero-order valence-electron chi connectivity index (χ0n) is 12.2. The molecule has 9 heteroatoms. The maximum absolute atomic E-state index is 12.3. The van der Waals surface area contributed by atoms with Crippen molar-refractivity contribution in [2.24, 2.45) is 0 Å². The number of imidazole rings is 1. The minimum Gasteiger partial charge on any atom is -0.470 e. The van der Waals surface area contributed by atoms with Crippen molar-refractivity contribution in [3.05, 3.63) is 40.5 Å². The van der Waals surface area contributed by atoms with Gasteiger partial charge in [-0.25, -0.2) is 14.8 Å². The predicted octanol–water partition coefficient (Wildman–Crippen LogP) is 0.0483. The molecule has 0 aliphatic carbocycles. The summed E-state index contributed by atoms with van der Waals surface area (Å²) in [6.07, 6.45) is 5.45. The van der Waals surface area contributed by atoms with Gasteiger partial charge in [0.2, 0.25) is 5.69 Å². The Morgan fingerprint density at radius 2 is 2.26 bits per heavy atom. The van der Waals surface area contributed by atoms with Gasteiger partial charge in [-0.15, -0.1) is 0 Å². The zero-order chi connectivity index (χ0) is 16.2.